The van der Waals surface area contributed by atoms with Gasteiger partial charge in [0.05, 0.1) is 0 Å². The van der Waals surface area contributed by atoms with Crippen LogP contribution in [0, 0.1) is 0 Å². The smallest absolute Gasteiger partial charge is 0.0423 e. The zero-order valence-corrected chi connectivity index (χ0v) is 12.9. The number of nitrogens with one attached hydrogen (secondary N) is 1. The van der Waals surface area contributed by atoms with Crippen LogP contribution >= 0.6 is 15.9 Å². The van der Waals surface area contributed by atoms with Gasteiger partial charge in [0.15, 0.2) is 0 Å². The molecule has 2 nitrogen and oxygen atoms in total. The highest BCUT2D eigenvalue weighted by Crippen LogP contribution is 2.31. The Kier molecular flexibility index (Phi) is 3.50. The third-order valence-corrected chi connectivity index (χ3v) is 4.81. The minimum absolute atomic E-state index is 0.546. The van der Waals surface area contributed by atoms with Crippen LogP contribution in [0.3, 0.4) is 0 Å². The summed E-state index contributed by atoms with van der Waals surface area (Å²) in [6.45, 7) is 3.41. The number of benzene rings is 2. The first-order valence-corrected chi connectivity index (χ1v) is 7.58. The van der Waals surface area contributed by atoms with Crippen LogP contribution in [-0.2, 0) is 0 Å². The van der Waals surface area contributed by atoms with Crippen molar-refractivity contribution in [2.24, 2.45) is 0 Å². The van der Waals surface area contributed by atoms with Crippen molar-refractivity contribution in [3.8, 4) is 0 Å². The van der Waals surface area contributed by atoms with Gasteiger partial charge in [-0.2, -0.15) is 0 Å². The van der Waals surface area contributed by atoms with E-state index in [1.54, 1.807) is 0 Å². The number of likely N-dealkylation sites (tertiary alicyclic amines) is 1. The van der Waals surface area contributed by atoms with E-state index in [0.717, 1.165) is 11.0 Å². The van der Waals surface area contributed by atoms with E-state index in [2.05, 4.69) is 76.5 Å². The van der Waals surface area contributed by atoms with E-state index in [0.29, 0.717) is 12.1 Å². The van der Waals surface area contributed by atoms with Gasteiger partial charge >= 0.3 is 0 Å². The lowest BCUT2D eigenvalue weighted by Gasteiger charge is -2.16. The average molecular weight is 319 g/mol. The predicted molar refractivity (Wildman–Crippen MR) is 85.8 cm³/mol. The van der Waals surface area contributed by atoms with Gasteiger partial charge < -0.3 is 10.2 Å². The molecule has 0 saturated carbocycles. The molecule has 0 aromatic heterocycles. The summed E-state index contributed by atoms with van der Waals surface area (Å²) in [6, 6.07) is 14.1. The Labute approximate surface area is 122 Å². The van der Waals surface area contributed by atoms with E-state index in [1.165, 1.54) is 22.9 Å². The highest BCUT2D eigenvalue weighted by Gasteiger charge is 2.26. The molecule has 3 rings (SSSR count). The summed E-state index contributed by atoms with van der Waals surface area (Å²) >= 11 is 3.63. The maximum atomic E-state index is 3.71. The second-order valence-electron chi connectivity index (χ2n) is 5.51. The Morgan fingerprint density at radius 1 is 1.16 bits per heavy atom. The summed E-state index contributed by atoms with van der Waals surface area (Å²) in [4.78, 5) is 2.42. The molecule has 2 atom stereocenters. The molecule has 0 amide bonds. The minimum Gasteiger partial charge on any atom is -0.380 e. The lowest BCUT2D eigenvalue weighted by atomic mass is 10.1. The topological polar surface area (TPSA) is 15.3 Å². The lowest BCUT2D eigenvalue weighted by molar-refractivity contribution is 0.330. The number of anilines is 1. The van der Waals surface area contributed by atoms with Crippen LogP contribution in [0.25, 0.3) is 10.8 Å². The fraction of sp³-hybridized carbons (Fsp3) is 0.375. The van der Waals surface area contributed by atoms with Gasteiger partial charge in [0, 0.05) is 34.2 Å². The van der Waals surface area contributed by atoms with Gasteiger partial charge in [-0.25, -0.2) is 0 Å². The molecule has 100 valence electrons. The second-order valence-corrected chi connectivity index (χ2v) is 6.36. The van der Waals surface area contributed by atoms with Crippen molar-refractivity contribution in [3.63, 3.8) is 0 Å². The average Bonchev–Trinajstić information content (AvgIpc) is 2.72. The van der Waals surface area contributed by atoms with Crippen molar-refractivity contribution in [1.29, 1.82) is 0 Å². The number of hydrogen-bond donors (Lipinski definition) is 1. The molecule has 1 fully saturated rings. The first kappa shape index (κ1) is 12.9. The van der Waals surface area contributed by atoms with Crippen LogP contribution in [0.2, 0.25) is 0 Å². The Balaban J connectivity index is 1.92. The van der Waals surface area contributed by atoms with Crippen molar-refractivity contribution < 1.29 is 0 Å². The molecule has 3 heteroatoms. The molecule has 2 aromatic carbocycles. The Bertz CT molecular complexity index is 586. The predicted octanol–water partition coefficient (Wildman–Crippen LogP) is 4.11. The number of rotatable bonds is 2. The van der Waals surface area contributed by atoms with E-state index < -0.39 is 0 Å². The molecule has 0 spiro atoms. The largest absolute Gasteiger partial charge is 0.380 e. The SMILES string of the molecule is CC1CC(Nc2ccc(Br)c3ccccc23)CN1C. The van der Waals surface area contributed by atoms with Gasteiger partial charge in [0.2, 0.25) is 0 Å². The number of nitrogens with zero attached hydrogens (tertiary/aromatic N) is 1. The molecule has 19 heavy (non-hydrogen) atoms. The Morgan fingerprint density at radius 2 is 1.89 bits per heavy atom. The third kappa shape index (κ3) is 2.49. The van der Waals surface area contributed by atoms with Gasteiger partial charge in [-0.3, -0.25) is 0 Å². The van der Waals surface area contributed by atoms with Crippen LogP contribution in [0.15, 0.2) is 40.9 Å². The number of hydrogen-bond acceptors (Lipinski definition) is 2. The minimum atomic E-state index is 0.546. The van der Waals surface area contributed by atoms with Crippen LogP contribution in [-0.4, -0.2) is 30.6 Å². The number of fused-ring (bicyclic) bond motifs is 1. The molecule has 2 aromatic rings. The van der Waals surface area contributed by atoms with E-state index in [9.17, 15) is 0 Å². The summed E-state index contributed by atoms with van der Waals surface area (Å²) in [5.41, 5.74) is 1.24. The molecule has 1 saturated heterocycles. The highest BCUT2D eigenvalue weighted by molar-refractivity contribution is 9.10. The fourth-order valence-electron chi connectivity index (χ4n) is 2.91. The van der Waals surface area contributed by atoms with E-state index >= 15 is 0 Å². The fourth-order valence-corrected chi connectivity index (χ4v) is 3.38. The molecule has 1 N–H and O–H groups in total. The Hall–Kier alpha value is -1.06. The van der Waals surface area contributed by atoms with Gasteiger partial charge in [-0.1, -0.05) is 40.2 Å². The molecular formula is C16H19BrN2. The van der Waals surface area contributed by atoms with Crippen molar-refractivity contribution in [1.82, 2.24) is 4.90 Å². The first-order valence-electron chi connectivity index (χ1n) is 6.79. The maximum Gasteiger partial charge on any atom is 0.0423 e. The lowest BCUT2D eigenvalue weighted by Crippen LogP contribution is -2.24. The maximum absolute atomic E-state index is 3.71. The number of likely N-dealkylation sites (N-methyl/N-ethyl adjacent to an activating group) is 1. The molecule has 1 heterocycles. The van der Waals surface area contributed by atoms with Gasteiger partial charge in [-0.05, 0) is 37.9 Å². The van der Waals surface area contributed by atoms with Gasteiger partial charge in [0.1, 0.15) is 0 Å². The Morgan fingerprint density at radius 3 is 2.58 bits per heavy atom. The normalized spacial score (nSPS) is 23.9. The molecular weight excluding hydrogens is 300 g/mol. The zero-order chi connectivity index (χ0) is 13.4. The molecule has 1 aliphatic heterocycles. The summed E-state index contributed by atoms with van der Waals surface area (Å²) in [5.74, 6) is 0. The van der Waals surface area contributed by atoms with Crippen LogP contribution < -0.4 is 5.32 Å². The van der Waals surface area contributed by atoms with Crippen LogP contribution in [0.4, 0.5) is 5.69 Å². The van der Waals surface area contributed by atoms with Crippen molar-refractivity contribution >= 4 is 32.4 Å². The molecule has 0 radical (unpaired) electrons. The molecule has 1 aliphatic rings. The second kappa shape index (κ2) is 5.14. The van der Waals surface area contributed by atoms with Crippen LogP contribution in [0.5, 0.6) is 0 Å². The zero-order valence-electron chi connectivity index (χ0n) is 11.4. The molecule has 0 bridgehead atoms. The van der Waals surface area contributed by atoms with Crippen molar-refractivity contribution in [3.05, 3.63) is 40.9 Å². The summed E-state index contributed by atoms with van der Waals surface area (Å²) in [7, 11) is 2.20. The van der Waals surface area contributed by atoms with Crippen molar-refractivity contribution in [2.45, 2.75) is 25.4 Å². The van der Waals surface area contributed by atoms with Gasteiger partial charge in [-0.15, -0.1) is 0 Å². The van der Waals surface area contributed by atoms with Gasteiger partial charge in [0.25, 0.3) is 0 Å². The molecule has 0 aliphatic carbocycles. The summed E-state index contributed by atoms with van der Waals surface area (Å²) in [6.07, 6.45) is 1.21. The van der Waals surface area contributed by atoms with E-state index in [4.69, 9.17) is 0 Å². The monoisotopic (exact) mass is 318 g/mol. The van der Waals surface area contributed by atoms with E-state index in [1.807, 2.05) is 0 Å². The summed E-state index contributed by atoms with van der Waals surface area (Å²) < 4.78 is 1.16. The van der Waals surface area contributed by atoms with E-state index in [-0.39, 0.29) is 0 Å². The highest BCUT2D eigenvalue weighted by atomic mass is 79.9. The summed E-state index contributed by atoms with van der Waals surface area (Å²) in [5, 5.41) is 6.27. The third-order valence-electron chi connectivity index (χ3n) is 4.12. The quantitative estimate of drug-likeness (QED) is 0.896. The van der Waals surface area contributed by atoms with Crippen LogP contribution in [0.1, 0.15) is 13.3 Å². The standard InChI is InChI=1S/C16H19BrN2/c1-11-9-12(10-19(11)2)18-16-8-7-15(17)13-5-3-4-6-14(13)16/h3-8,11-12,18H,9-10H2,1-2H3. The van der Waals surface area contributed by atoms with Crippen molar-refractivity contribution in [2.75, 3.05) is 18.9 Å². The first-order chi connectivity index (χ1) is 9.15. The number of halogens is 1. The molecule has 2 unspecified atom stereocenters.